The molecule has 4 heteroatoms. The van der Waals surface area contributed by atoms with E-state index in [-0.39, 0.29) is 0 Å². The van der Waals surface area contributed by atoms with E-state index in [1.807, 2.05) is 19.2 Å². The van der Waals surface area contributed by atoms with Gasteiger partial charge in [0.15, 0.2) is 0 Å². The van der Waals surface area contributed by atoms with E-state index < -0.39 is 0 Å². The highest BCUT2D eigenvalue weighted by Crippen LogP contribution is 2.11. The van der Waals surface area contributed by atoms with Gasteiger partial charge in [-0.3, -0.25) is 10.1 Å². The lowest BCUT2D eigenvalue weighted by atomic mass is 10.2. The molecule has 0 saturated carbocycles. The Bertz CT molecular complexity index is 393. The van der Waals surface area contributed by atoms with Gasteiger partial charge in [0.2, 0.25) is 0 Å². The molecule has 2 rings (SSSR count). The summed E-state index contributed by atoms with van der Waals surface area (Å²) in [5.74, 6) is 0. The molecule has 0 aromatic carbocycles. The molecule has 4 nitrogen and oxygen atoms in total. The fourth-order valence-corrected chi connectivity index (χ4v) is 1.32. The fourth-order valence-electron chi connectivity index (χ4n) is 1.32. The smallest absolute Gasteiger partial charge is 0.111 e. The van der Waals surface area contributed by atoms with Gasteiger partial charge in [0.1, 0.15) is 11.0 Å². The van der Waals surface area contributed by atoms with Gasteiger partial charge in [-0.25, -0.2) is 0 Å². The van der Waals surface area contributed by atoms with Crippen LogP contribution in [0.15, 0.2) is 18.3 Å². The summed E-state index contributed by atoms with van der Waals surface area (Å²) in [7, 11) is 1.94. The Morgan fingerprint density at radius 1 is 1.54 bits per heavy atom. The Morgan fingerprint density at radius 3 is 3.31 bits per heavy atom. The number of hydrogen-bond donors (Lipinski definition) is 2. The van der Waals surface area contributed by atoms with Crippen molar-refractivity contribution in [3.63, 3.8) is 0 Å². The van der Waals surface area contributed by atoms with E-state index in [0.717, 1.165) is 29.7 Å². The first-order valence-electron chi connectivity index (χ1n) is 4.34. The molecule has 0 fully saturated rings. The molecule has 0 bridgehead atoms. The highest BCUT2D eigenvalue weighted by atomic mass is 15.1. The van der Waals surface area contributed by atoms with Gasteiger partial charge in [-0.15, -0.1) is 0 Å². The average Bonchev–Trinajstić information content (AvgIpc) is 2.58. The first-order chi connectivity index (χ1) is 6.42. The molecule has 2 heterocycles. The van der Waals surface area contributed by atoms with Crippen molar-refractivity contribution in [3.8, 4) is 0 Å². The highest BCUT2D eigenvalue weighted by molar-refractivity contribution is 5.76. The minimum atomic E-state index is 0.935. The second-order valence-corrected chi connectivity index (χ2v) is 2.93. The van der Waals surface area contributed by atoms with Crippen molar-refractivity contribution in [1.29, 1.82) is 0 Å². The van der Waals surface area contributed by atoms with Crippen LogP contribution in [-0.4, -0.2) is 28.8 Å². The molecule has 2 aromatic heterocycles. The molecule has 13 heavy (non-hydrogen) atoms. The minimum absolute atomic E-state index is 0.935. The number of aromatic nitrogens is 3. The predicted molar refractivity (Wildman–Crippen MR) is 51.5 cm³/mol. The number of fused-ring (bicyclic) bond motifs is 1. The Morgan fingerprint density at radius 2 is 2.46 bits per heavy atom. The third kappa shape index (κ3) is 1.53. The van der Waals surface area contributed by atoms with Gasteiger partial charge in [-0.05, 0) is 19.2 Å². The minimum Gasteiger partial charge on any atom is -0.319 e. The van der Waals surface area contributed by atoms with Gasteiger partial charge in [0, 0.05) is 19.2 Å². The molecule has 0 atom stereocenters. The molecule has 0 spiro atoms. The fraction of sp³-hybridized carbons (Fsp3) is 0.333. The van der Waals surface area contributed by atoms with Crippen LogP contribution in [0.4, 0.5) is 0 Å². The van der Waals surface area contributed by atoms with E-state index in [9.17, 15) is 0 Å². The quantitative estimate of drug-likeness (QED) is 0.724. The molecule has 0 unspecified atom stereocenters. The lowest BCUT2D eigenvalue weighted by Gasteiger charge is -1.95. The molecule has 2 N–H and O–H groups in total. The van der Waals surface area contributed by atoms with Crippen molar-refractivity contribution in [2.75, 3.05) is 13.6 Å². The van der Waals surface area contributed by atoms with E-state index in [1.165, 1.54) is 0 Å². The van der Waals surface area contributed by atoms with Crippen LogP contribution in [0.5, 0.6) is 0 Å². The van der Waals surface area contributed by atoms with Gasteiger partial charge in [-0.2, -0.15) is 5.10 Å². The van der Waals surface area contributed by atoms with E-state index in [2.05, 4.69) is 20.5 Å². The number of hydrogen-bond acceptors (Lipinski definition) is 3. The topological polar surface area (TPSA) is 53.6 Å². The van der Waals surface area contributed by atoms with Crippen molar-refractivity contribution in [1.82, 2.24) is 20.5 Å². The number of nitrogens with one attached hydrogen (secondary N) is 2. The predicted octanol–water partition coefficient (Wildman–Crippen LogP) is 0.720. The van der Waals surface area contributed by atoms with Gasteiger partial charge in [0.05, 0.1) is 5.69 Å². The summed E-state index contributed by atoms with van der Waals surface area (Å²) in [6.07, 6.45) is 2.73. The van der Waals surface area contributed by atoms with Crippen molar-refractivity contribution in [3.05, 3.63) is 24.0 Å². The Hall–Kier alpha value is -1.42. The summed E-state index contributed by atoms with van der Waals surface area (Å²) in [4.78, 5) is 4.27. The summed E-state index contributed by atoms with van der Waals surface area (Å²) in [5, 5.41) is 10.2. The number of aromatic amines is 1. The zero-order chi connectivity index (χ0) is 9.10. The number of pyridine rings is 1. The van der Waals surface area contributed by atoms with Crippen LogP contribution in [-0.2, 0) is 6.42 Å². The van der Waals surface area contributed by atoms with Crippen LogP contribution in [0.3, 0.4) is 0 Å². The van der Waals surface area contributed by atoms with Gasteiger partial charge < -0.3 is 5.32 Å². The standard InChI is InChI=1S/C9H12N4/c1-10-6-4-8-9-7(12-13-8)3-2-5-11-9/h2-3,5,10H,4,6H2,1H3,(H,12,13). The lowest BCUT2D eigenvalue weighted by Crippen LogP contribution is -2.10. The van der Waals surface area contributed by atoms with Crippen LogP contribution in [0.2, 0.25) is 0 Å². The SMILES string of the molecule is CNCCc1[nH]nc2cccnc12. The van der Waals surface area contributed by atoms with E-state index in [1.54, 1.807) is 6.20 Å². The van der Waals surface area contributed by atoms with Crippen LogP contribution >= 0.6 is 0 Å². The molecular formula is C9H12N4. The summed E-state index contributed by atoms with van der Waals surface area (Å²) in [6.45, 7) is 0.938. The maximum absolute atomic E-state index is 4.27. The molecule has 2 aromatic rings. The summed E-state index contributed by atoms with van der Waals surface area (Å²) >= 11 is 0. The maximum Gasteiger partial charge on any atom is 0.111 e. The van der Waals surface area contributed by atoms with Crippen molar-refractivity contribution in [2.24, 2.45) is 0 Å². The normalized spacial score (nSPS) is 10.8. The third-order valence-electron chi connectivity index (χ3n) is 2.01. The van der Waals surface area contributed by atoms with E-state index >= 15 is 0 Å². The molecule has 68 valence electrons. The Balaban J connectivity index is 2.35. The molecular weight excluding hydrogens is 164 g/mol. The number of rotatable bonds is 3. The van der Waals surface area contributed by atoms with Crippen molar-refractivity contribution in [2.45, 2.75) is 6.42 Å². The number of nitrogens with zero attached hydrogens (tertiary/aromatic N) is 2. The average molecular weight is 176 g/mol. The molecule has 0 aliphatic heterocycles. The number of likely N-dealkylation sites (N-methyl/N-ethyl adjacent to an activating group) is 1. The van der Waals surface area contributed by atoms with Gasteiger partial charge >= 0.3 is 0 Å². The lowest BCUT2D eigenvalue weighted by molar-refractivity contribution is 0.774. The highest BCUT2D eigenvalue weighted by Gasteiger charge is 2.03. The van der Waals surface area contributed by atoms with Crippen LogP contribution < -0.4 is 5.32 Å². The second-order valence-electron chi connectivity index (χ2n) is 2.93. The largest absolute Gasteiger partial charge is 0.319 e. The zero-order valence-corrected chi connectivity index (χ0v) is 7.54. The second kappa shape index (κ2) is 3.53. The zero-order valence-electron chi connectivity index (χ0n) is 7.54. The number of H-pyrrole nitrogens is 1. The van der Waals surface area contributed by atoms with Crippen LogP contribution in [0.1, 0.15) is 5.69 Å². The molecule has 0 aliphatic carbocycles. The Kier molecular flexibility index (Phi) is 2.23. The van der Waals surface area contributed by atoms with E-state index in [0.29, 0.717) is 0 Å². The molecule has 0 amide bonds. The van der Waals surface area contributed by atoms with E-state index in [4.69, 9.17) is 0 Å². The van der Waals surface area contributed by atoms with Crippen molar-refractivity contribution >= 4 is 11.0 Å². The van der Waals surface area contributed by atoms with Gasteiger partial charge in [-0.1, -0.05) is 0 Å². The monoisotopic (exact) mass is 176 g/mol. The molecule has 0 radical (unpaired) electrons. The summed E-state index contributed by atoms with van der Waals surface area (Å²) < 4.78 is 0. The summed E-state index contributed by atoms with van der Waals surface area (Å²) in [6, 6.07) is 3.85. The Labute approximate surface area is 76.4 Å². The molecule has 0 aliphatic rings. The molecule has 0 saturated heterocycles. The van der Waals surface area contributed by atoms with Crippen LogP contribution in [0, 0.1) is 0 Å². The first-order valence-corrected chi connectivity index (χ1v) is 4.34. The van der Waals surface area contributed by atoms with Crippen LogP contribution in [0.25, 0.3) is 11.0 Å². The summed E-state index contributed by atoms with van der Waals surface area (Å²) in [5.41, 5.74) is 3.02. The first kappa shape index (κ1) is 8.19. The van der Waals surface area contributed by atoms with Crippen molar-refractivity contribution < 1.29 is 0 Å². The third-order valence-corrected chi connectivity index (χ3v) is 2.01. The maximum atomic E-state index is 4.27. The van der Waals surface area contributed by atoms with Gasteiger partial charge in [0.25, 0.3) is 0 Å².